The van der Waals surface area contributed by atoms with E-state index in [2.05, 4.69) is 23.8 Å². The second-order valence-electron chi connectivity index (χ2n) is 10.8. The van der Waals surface area contributed by atoms with Crippen LogP contribution in [0.4, 0.5) is 5.82 Å². The summed E-state index contributed by atoms with van der Waals surface area (Å²) in [6.07, 6.45) is 6.61. The Kier molecular flexibility index (Phi) is 7.69. The Morgan fingerprint density at radius 3 is 2.37 bits per heavy atom. The van der Waals surface area contributed by atoms with Crippen LogP contribution in [0.5, 0.6) is 11.5 Å². The van der Waals surface area contributed by atoms with Crippen molar-refractivity contribution in [2.24, 2.45) is 17.6 Å². The average molecular weight is 513 g/mol. The number of rotatable bonds is 9. The van der Waals surface area contributed by atoms with Crippen molar-refractivity contribution in [3.8, 4) is 22.8 Å². The Balaban J connectivity index is 1.33. The average Bonchev–Trinajstić information content (AvgIpc) is 3.31. The van der Waals surface area contributed by atoms with Crippen LogP contribution in [0.3, 0.4) is 0 Å². The zero-order chi connectivity index (χ0) is 26.6. The number of hydrogen-bond donors (Lipinski definition) is 2. The van der Waals surface area contributed by atoms with Gasteiger partial charge in [0.05, 0.1) is 17.5 Å². The van der Waals surface area contributed by atoms with Gasteiger partial charge in [0, 0.05) is 12.0 Å². The lowest BCUT2D eigenvalue weighted by atomic mass is 9.82. The fraction of sp³-hybridized carbons (Fsp3) is 0.400. The molecule has 5 rings (SSSR count). The highest BCUT2D eigenvalue weighted by atomic mass is 16.5. The van der Waals surface area contributed by atoms with Gasteiger partial charge in [-0.25, -0.2) is 14.6 Å². The van der Waals surface area contributed by atoms with Gasteiger partial charge in [0.25, 0.3) is 0 Å². The number of carbonyl (C=O) groups excluding carboxylic acids is 1. The number of benzene rings is 2. The lowest BCUT2D eigenvalue weighted by molar-refractivity contribution is -0.121. The summed E-state index contributed by atoms with van der Waals surface area (Å²) in [5.41, 5.74) is 14.9. The molecular weight excluding hydrogens is 476 g/mol. The normalized spacial score (nSPS) is 18.5. The molecule has 1 aliphatic carbocycles. The summed E-state index contributed by atoms with van der Waals surface area (Å²) in [7, 11) is 0. The monoisotopic (exact) mass is 512 g/mol. The predicted octanol–water partition coefficient (Wildman–Crippen LogP) is 5.93. The molecule has 2 heterocycles. The highest BCUT2D eigenvalue weighted by Gasteiger charge is 2.29. The summed E-state index contributed by atoms with van der Waals surface area (Å²) in [6.45, 7) is 4.20. The fourth-order valence-electron chi connectivity index (χ4n) is 5.43. The molecule has 0 spiro atoms. The Morgan fingerprint density at radius 1 is 1.00 bits per heavy atom. The molecule has 8 nitrogen and oxygen atoms in total. The molecule has 1 aliphatic rings. The zero-order valence-corrected chi connectivity index (χ0v) is 22.1. The quantitative estimate of drug-likeness (QED) is 0.285. The number of anilines is 1. The van der Waals surface area contributed by atoms with Gasteiger partial charge < -0.3 is 16.2 Å². The lowest BCUT2D eigenvalue weighted by Crippen LogP contribution is -2.34. The molecule has 38 heavy (non-hydrogen) atoms. The molecule has 2 aromatic heterocycles. The van der Waals surface area contributed by atoms with Crippen LogP contribution < -0.4 is 16.2 Å². The molecule has 1 fully saturated rings. The summed E-state index contributed by atoms with van der Waals surface area (Å²) in [5, 5.41) is 5.78. The molecule has 4 aromatic rings. The Morgan fingerprint density at radius 2 is 1.68 bits per heavy atom. The Bertz CT molecular complexity index is 1380. The van der Waals surface area contributed by atoms with Gasteiger partial charge in [0.15, 0.2) is 5.65 Å². The molecule has 1 atom stereocenters. The van der Waals surface area contributed by atoms with E-state index >= 15 is 0 Å². The van der Waals surface area contributed by atoms with E-state index in [-0.39, 0.29) is 17.9 Å². The van der Waals surface area contributed by atoms with Crippen LogP contribution in [-0.4, -0.2) is 31.6 Å². The van der Waals surface area contributed by atoms with Crippen molar-refractivity contribution in [3.05, 3.63) is 60.9 Å². The third-order valence-electron chi connectivity index (χ3n) is 7.42. The maximum absolute atomic E-state index is 12.6. The van der Waals surface area contributed by atoms with E-state index in [4.69, 9.17) is 21.3 Å². The Hall–Kier alpha value is -3.78. The van der Waals surface area contributed by atoms with Crippen molar-refractivity contribution < 1.29 is 9.53 Å². The molecule has 198 valence electrons. The number of nitrogens with two attached hydrogens (primary N) is 2. The maximum Gasteiger partial charge on any atom is 0.164 e. The first-order valence-electron chi connectivity index (χ1n) is 13.5. The number of ketones is 1. The molecule has 1 saturated carbocycles. The smallest absolute Gasteiger partial charge is 0.164 e. The fourth-order valence-corrected chi connectivity index (χ4v) is 5.43. The van der Waals surface area contributed by atoms with Crippen molar-refractivity contribution in [1.29, 1.82) is 0 Å². The first-order chi connectivity index (χ1) is 18.4. The second-order valence-corrected chi connectivity index (χ2v) is 10.8. The molecule has 0 radical (unpaired) electrons. The van der Waals surface area contributed by atoms with E-state index in [0.29, 0.717) is 24.1 Å². The molecular formula is C30H36N6O2. The van der Waals surface area contributed by atoms with Crippen LogP contribution in [0.1, 0.15) is 58.4 Å². The van der Waals surface area contributed by atoms with Gasteiger partial charge in [0.1, 0.15) is 35.1 Å². The maximum atomic E-state index is 12.6. The molecule has 0 amide bonds. The molecule has 0 saturated heterocycles. The number of aromatic nitrogens is 4. The third-order valence-corrected chi connectivity index (χ3v) is 7.42. The van der Waals surface area contributed by atoms with Crippen molar-refractivity contribution in [2.75, 3.05) is 5.73 Å². The van der Waals surface area contributed by atoms with Crippen molar-refractivity contribution in [2.45, 2.75) is 64.5 Å². The van der Waals surface area contributed by atoms with Gasteiger partial charge in [-0.3, -0.25) is 4.79 Å². The van der Waals surface area contributed by atoms with E-state index in [1.54, 1.807) is 0 Å². The van der Waals surface area contributed by atoms with E-state index < -0.39 is 0 Å². The topological polar surface area (TPSA) is 122 Å². The minimum atomic E-state index is -0.352. The minimum absolute atomic E-state index is 0.189. The minimum Gasteiger partial charge on any atom is -0.457 e. The largest absolute Gasteiger partial charge is 0.457 e. The van der Waals surface area contributed by atoms with Gasteiger partial charge in [-0.2, -0.15) is 5.10 Å². The number of hydrogen-bond acceptors (Lipinski definition) is 7. The molecule has 0 bridgehead atoms. The van der Waals surface area contributed by atoms with Crippen LogP contribution in [0, 0.1) is 11.8 Å². The molecule has 0 aliphatic heterocycles. The lowest BCUT2D eigenvalue weighted by Gasteiger charge is -2.29. The van der Waals surface area contributed by atoms with Crippen LogP contribution in [-0.2, 0) is 4.79 Å². The van der Waals surface area contributed by atoms with Crippen LogP contribution >= 0.6 is 0 Å². The predicted molar refractivity (Wildman–Crippen MR) is 150 cm³/mol. The standard InChI is InChI=1S/C30H36N6O2/c1-19(2)16-25(31)26(37)17-20-8-12-22(13-9-20)36-30-27(29(32)33-18-34-30)28(35-36)21-10-14-24(15-11-21)38-23-6-4-3-5-7-23/h3-7,10-11,14-15,18-20,22,25H,8-9,12-13,16-17,31H2,1-2H3,(H2,32,33,34)/t20?,22?,25-/m0/s1. The summed E-state index contributed by atoms with van der Waals surface area (Å²) in [4.78, 5) is 21.4. The van der Waals surface area contributed by atoms with E-state index in [1.165, 1.54) is 6.33 Å². The van der Waals surface area contributed by atoms with E-state index in [0.717, 1.165) is 65.9 Å². The zero-order valence-electron chi connectivity index (χ0n) is 22.1. The highest BCUT2D eigenvalue weighted by Crippen LogP contribution is 2.38. The number of nitrogens with zero attached hydrogens (tertiary/aromatic N) is 4. The van der Waals surface area contributed by atoms with Crippen LogP contribution in [0.2, 0.25) is 0 Å². The molecule has 2 aromatic carbocycles. The Labute approximate surface area is 223 Å². The molecule has 0 unspecified atom stereocenters. The second kappa shape index (κ2) is 11.3. The first kappa shape index (κ1) is 25.9. The molecule has 4 N–H and O–H groups in total. The molecule has 8 heteroatoms. The van der Waals surface area contributed by atoms with Gasteiger partial charge in [-0.05, 0) is 80.3 Å². The number of para-hydroxylation sites is 1. The first-order valence-corrected chi connectivity index (χ1v) is 13.5. The summed E-state index contributed by atoms with van der Waals surface area (Å²) in [5.74, 6) is 2.93. The number of Topliss-reactive ketones (excluding diaryl/α,β-unsaturated/α-hetero) is 1. The number of ether oxygens (including phenoxy) is 1. The van der Waals surface area contributed by atoms with Gasteiger partial charge in [-0.1, -0.05) is 32.0 Å². The van der Waals surface area contributed by atoms with Crippen LogP contribution in [0.25, 0.3) is 22.3 Å². The number of fused-ring (bicyclic) bond motifs is 1. The van der Waals surface area contributed by atoms with Gasteiger partial charge in [-0.15, -0.1) is 0 Å². The van der Waals surface area contributed by atoms with E-state index in [9.17, 15) is 4.79 Å². The van der Waals surface area contributed by atoms with Crippen LogP contribution in [0.15, 0.2) is 60.9 Å². The van der Waals surface area contributed by atoms with Crippen molar-refractivity contribution in [3.63, 3.8) is 0 Å². The van der Waals surface area contributed by atoms with E-state index in [1.807, 2.05) is 59.3 Å². The number of carbonyl (C=O) groups is 1. The van der Waals surface area contributed by atoms with Gasteiger partial charge >= 0.3 is 0 Å². The van der Waals surface area contributed by atoms with Gasteiger partial charge in [0.2, 0.25) is 0 Å². The van der Waals surface area contributed by atoms with Crippen molar-refractivity contribution >= 4 is 22.6 Å². The summed E-state index contributed by atoms with van der Waals surface area (Å²) >= 11 is 0. The SMILES string of the molecule is CC(C)C[C@H](N)C(=O)CC1CCC(n2nc(-c3ccc(Oc4ccccc4)cc3)c3c(N)ncnc32)CC1. The summed E-state index contributed by atoms with van der Waals surface area (Å²) < 4.78 is 7.96. The van der Waals surface area contributed by atoms with Crippen molar-refractivity contribution in [1.82, 2.24) is 19.7 Å². The third kappa shape index (κ3) is 5.70. The summed E-state index contributed by atoms with van der Waals surface area (Å²) in [6, 6.07) is 17.4. The highest BCUT2D eigenvalue weighted by molar-refractivity contribution is 5.98. The number of nitrogen functional groups attached to an aromatic ring is 1.